The predicted octanol–water partition coefficient (Wildman–Crippen LogP) is 1.07. The number of hydrogen-bond acceptors (Lipinski definition) is 5. The van der Waals surface area contributed by atoms with Gasteiger partial charge in [0, 0.05) is 6.54 Å². The first-order valence-corrected chi connectivity index (χ1v) is 6.85. The highest BCUT2D eigenvalue weighted by Crippen LogP contribution is 2.36. The standard InChI is InChI=1S/C15H20N2O4/c1-9(2)14-15(19)17(8-13(18)20-3)11-5-4-10(7-16)6-12(11)21-14/h4-6,9,14H,7-8,16H2,1-3H3. The highest BCUT2D eigenvalue weighted by atomic mass is 16.5. The second-order valence-electron chi connectivity index (χ2n) is 5.29. The average Bonchev–Trinajstić information content (AvgIpc) is 2.48. The molecule has 114 valence electrons. The molecule has 0 radical (unpaired) electrons. The van der Waals surface area contributed by atoms with Crippen LogP contribution in [0.2, 0.25) is 0 Å². The lowest BCUT2D eigenvalue weighted by Crippen LogP contribution is -2.50. The van der Waals surface area contributed by atoms with Gasteiger partial charge in [0.05, 0.1) is 12.8 Å². The van der Waals surface area contributed by atoms with Crippen molar-refractivity contribution in [3.8, 4) is 5.75 Å². The summed E-state index contributed by atoms with van der Waals surface area (Å²) in [4.78, 5) is 25.5. The minimum Gasteiger partial charge on any atom is -0.478 e. The zero-order valence-electron chi connectivity index (χ0n) is 12.5. The van der Waals surface area contributed by atoms with Gasteiger partial charge in [0.25, 0.3) is 5.91 Å². The van der Waals surface area contributed by atoms with Gasteiger partial charge in [-0.2, -0.15) is 0 Å². The maximum atomic E-state index is 12.5. The fraction of sp³-hybridized carbons (Fsp3) is 0.467. The molecule has 1 unspecified atom stereocenters. The molecule has 6 nitrogen and oxygen atoms in total. The van der Waals surface area contributed by atoms with Crippen molar-refractivity contribution in [1.29, 1.82) is 0 Å². The van der Waals surface area contributed by atoms with Gasteiger partial charge in [0.2, 0.25) is 0 Å². The van der Waals surface area contributed by atoms with E-state index in [-0.39, 0.29) is 18.4 Å². The van der Waals surface area contributed by atoms with Crippen LogP contribution >= 0.6 is 0 Å². The number of anilines is 1. The van der Waals surface area contributed by atoms with Gasteiger partial charge in [-0.1, -0.05) is 19.9 Å². The van der Waals surface area contributed by atoms with E-state index in [0.717, 1.165) is 5.56 Å². The number of carbonyl (C=O) groups is 2. The number of hydrogen-bond donors (Lipinski definition) is 1. The highest BCUT2D eigenvalue weighted by Gasteiger charge is 2.37. The normalized spacial score (nSPS) is 17.5. The molecule has 1 aromatic rings. The Labute approximate surface area is 123 Å². The van der Waals surface area contributed by atoms with E-state index in [1.807, 2.05) is 19.9 Å². The van der Waals surface area contributed by atoms with Crippen molar-refractivity contribution in [2.75, 3.05) is 18.6 Å². The van der Waals surface area contributed by atoms with Crippen LogP contribution in [0.4, 0.5) is 5.69 Å². The molecule has 1 aliphatic heterocycles. The van der Waals surface area contributed by atoms with Crippen LogP contribution in [0, 0.1) is 5.92 Å². The molecule has 1 amide bonds. The summed E-state index contributed by atoms with van der Waals surface area (Å²) in [6.07, 6.45) is -0.616. The van der Waals surface area contributed by atoms with E-state index in [1.54, 1.807) is 12.1 Å². The van der Waals surface area contributed by atoms with Gasteiger partial charge in [-0.15, -0.1) is 0 Å². The first-order chi connectivity index (χ1) is 9.97. The van der Waals surface area contributed by atoms with Crippen LogP contribution < -0.4 is 15.4 Å². The van der Waals surface area contributed by atoms with E-state index in [4.69, 9.17) is 10.5 Å². The number of benzene rings is 1. The molecular formula is C15H20N2O4. The molecule has 1 atom stereocenters. The van der Waals surface area contributed by atoms with Gasteiger partial charge in [0.15, 0.2) is 6.10 Å². The lowest BCUT2D eigenvalue weighted by molar-refractivity contribution is -0.141. The van der Waals surface area contributed by atoms with Gasteiger partial charge in [-0.3, -0.25) is 14.5 Å². The quantitative estimate of drug-likeness (QED) is 0.839. The lowest BCUT2D eigenvalue weighted by Gasteiger charge is -2.35. The van der Waals surface area contributed by atoms with Crippen molar-refractivity contribution in [3.63, 3.8) is 0 Å². The summed E-state index contributed by atoms with van der Waals surface area (Å²) in [6, 6.07) is 5.37. The van der Waals surface area contributed by atoms with Crippen LogP contribution in [0.3, 0.4) is 0 Å². The molecule has 0 saturated heterocycles. The van der Waals surface area contributed by atoms with Crippen molar-refractivity contribution in [2.24, 2.45) is 11.7 Å². The van der Waals surface area contributed by atoms with Crippen LogP contribution in [0.5, 0.6) is 5.75 Å². The van der Waals surface area contributed by atoms with Gasteiger partial charge in [0.1, 0.15) is 12.3 Å². The smallest absolute Gasteiger partial charge is 0.325 e. The number of carbonyl (C=O) groups excluding carboxylic acids is 2. The number of methoxy groups -OCH3 is 1. The average molecular weight is 292 g/mol. The summed E-state index contributed by atoms with van der Waals surface area (Å²) in [6.45, 7) is 4.05. The van der Waals surface area contributed by atoms with Crippen LogP contribution in [-0.2, 0) is 20.9 Å². The molecule has 6 heteroatoms. The molecule has 2 rings (SSSR count). The fourth-order valence-corrected chi connectivity index (χ4v) is 2.24. The topological polar surface area (TPSA) is 81.9 Å². The Balaban J connectivity index is 2.43. The van der Waals surface area contributed by atoms with Crippen LogP contribution in [0.15, 0.2) is 18.2 Å². The van der Waals surface area contributed by atoms with Crippen LogP contribution in [-0.4, -0.2) is 31.6 Å². The van der Waals surface area contributed by atoms with Crippen molar-refractivity contribution >= 4 is 17.6 Å². The summed E-state index contributed by atoms with van der Waals surface area (Å²) in [7, 11) is 1.30. The molecule has 0 aromatic heterocycles. The van der Waals surface area contributed by atoms with Gasteiger partial charge < -0.3 is 15.2 Å². The Morgan fingerprint density at radius 2 is 2.19 bits per heavy atom. The van der Waals surface area contributed by atoms with Crippen molar-refractivity contribution in [2.45, 2.75) is 26.5 Å². The molecule has 21 heavy (non-hydrogen) atoms. The maximum absolute atomic E-state index is 12.5. The van der Waals surface area contributed by atoms with Gasteiger partial charge in [-0.05, 0) is 23.6 Å². The van der Waals surface area contributed by atoms with E-state index in [1.165, 1.54) is 12.0 Å². The SMILES string of the molecule is COC(=O)CN1C(=O)C(C(C)C)Oc2cc(CN)ccc21. The zero-order chi connectivity index (χ0) is 15.6. The molecule has 0 bridgehead atoms. The summed E-state index contributed by atoms with van der Waals surface area (Å²) >= 11 is 0. The third kappa shape index (κ3) is 3.00. The fourth-order valence-electron chi connectivity index (χ4n) is 2.24. The number of nitrogens with two attached hydrogens (primary N) is 1. The highest BCUT2D eigenvalue weighted by molar-refractivity contribution is 6.03. The first kappa shape index (κ1) is 15.3. The Morgan fingerprint density at radius 3 is 2.76 bits per heavy atom. The molecule has 0 saturated carbocycles. The largest absolute Gasteiger partial charge is 0.478 e. The Kier molecular flexibility index (Phi) is 4.47. The van der Waals surface area contributed by atoms with E-state index < -0.39 is 12.1 Å². The lowest BCUT2D eigenvalue weighted by atomic mass is 10.0. The van der Waals surface area contributed by atoms with Crippen molar-refractivity contribution in [3.05, 3.63) is 23.8 Å². The van der Waals surface area contributed by atoms with Crippen molar-refractivity contribution in [1.82, 2.24) is 0 Å². The molecular weight excluding hydrogens is 272 g/mol. The van der Waals surface area contributed by atoms with Gasteiger partial charge in [-0.25, -0.2) is 0 Å². The number of nitrogens with zero attached hydrogens (tertiary/aromatic N) is 1. The summed E-state index contributed by atoms with van der Waals surface area (Å²) in [5.74, 6) is -0.141. The predicted molar refractivity (Wildman–Crippen MR) is 78.0 cm³/mol. The van der Waals surface area contributed by atoms with E-state index in [2.05, 4.69) is 4.74 Å². The number of rotatable bonds is 4. The van der Waals surface area contributed by atoms with Crippen LogP contribution in [0.1, 0.15) is 19.4 Å². The van der Waals surface area contributed by atoms with Crippen LogP contribution in [0.25, 0.3) is 0 Å². The summed E-state index contributed by atoms with van der Waals surface area (Å²) in [5.41, 5.74) is 7.11. The number of ether oxygens (including phenoxy) is 2. The summed E-state index contributed by atoms with van der Waals surface area (Å²) in [5, 5.41) is 0. The molecule has 0 spiro atoms. The Bertz CT molecular complexity index is 557. The molecule has 1 aliphatic rings. The van der Waals surface area contributed by atoms with Gasteiger partial charge >= 0.3 is 5.97 Å². The summed E-state index contributed by atoms with van der Waals surface area (Å²) < 4.78 is 10.5. The minimum atomic E-state index is -0.616. The Morgan fingerprint density at radius 1 is 1.48 bits per heavy atom. The number of fused-ring (bicyclic) bond motifs is 1. The third-order valence-corrected chi connectivity index (χ3v) is 3.43. The van der Waals surface area contributed by atoms with E-state index >= 15 is 0 Å². The first-order valence-electron chi connectivity index (χ1n) is 6.85. The number of esters is 1. The molecule has 2 N–H and O–H groups in total. The molecule has 1 aromatic carbocycles. The van der Waals surface area contributed by atoms with Crippen molar-refractivity contribution < 1.29 is 19.1 Å². The Hall–Kier alpha value is -2.08. The monoisotopic (exact) mass is 292 g/mol. The zero-order valence-corrected chi connectivity index (χ0v) is 12.5. The molecule has 0 aliphatic carbocycles. The molecule has 1 heterocycles. The third-order valence-electron chi connectivity index (χ3n) is 3.43. The molecule has 0 fully saturated rings. The minimum absolute atomic E-state index is 0.00710. The second-order valence-corrected chi connectivity index (χ2v) is 5.29. The number of amides is 1. The van der Waals surface area contributed by atoms with E-state index in [0.29, 0.717) is 18.0 Å². The maximum Gasteiger partial charge on any atom is 0.325 e. The van der Waals surface area contributed by atoms with E-state index in [9.17, 15) is 9.59 Å². The second kappa shape index (κ2) is 6.13.